The van der Waals surface area contributed by atoms with Gasteiger partial charge in [-0.05, 0) is 36.4 Å². The highest BCUT2D eigenvalue weighted by atomic mass is 32.2. The summed E-state index contributed by atoms with van der Waals surface area (Å²) in [6.07, 6.45) is 7.88. The summed E-state index contributed by atoms with van der Waals surface area (Å²) in [5.74, 6) is 1.04. The molecule has 0 aliphatic heterocycles. The number of nitrogens with zero attached hydrogens (tertiary/aromatic N) is 1. The van der Waals surface area contributed by atoms with E-state index < -0.39 is 21.8 Å². The molecule has 0 aliphatic rings. The van der Waals surface area contributed by atoms with Crippen LogP contribution in [0.25, 0.3) is 0 Å². The zero-order valence-electron chi connectivity index (χ0n) is 12.9. The summed E-state index contributed by atoms with van der Waals surface area (Å²) >= 11 is 0. The lowest BCUT2D eigenvalue weighted by atomic mass is 10.2. The van der Waals surface area contributed by atoms with Crippen molar-refractivity contribution in [3.8, 4) is 12.3 Å². The molecule has 2 rings (SSSR count). The average Bonchev–Trinajstić information content (AvgIpc) is 2.65. The number of pyridine rings is 1. The molecule has 25 heavy (non-hydrogen) atoms. The molecule has 2 aromatic rings. The second kappa shape index (κ2) is 8.05. The number of rotatable bonds is 5. The van der Waals surface area contributed by atoms with E-state index in [-0.39, 0.29) is 22.6 Å². The Morgan fingerprint density at radius 2 is 1.68 bits per heavy atom. The third-order valence-electron chi connectivity index (χ3n) is 3.00. The van der Waals surface area contributed by atoms with Crippen LogP contribution in [0.15, 0.2) is 53.7 Å². The third-order valence-corrected chi connectivity index (χ3v) is 4.42. The number of carbonyl (C=O) groups is 2. The molecule has 2 amide bonds. The van der Waals surface area contributed by atoms with Gasteiger partial charge in [0.1, 0.15) is 0 Å². The van der Waals surface area contributed by atoms with Crippen LogP contribution >= 0.6 is 0 Å². The summed E-state index contributed by atoms with van der Waals surface area (Å²) < 4.78 is 26.0. The Morgan fingerprint density at radius 1 is 1.04 bits per heavy atom. The SMILES string of the molecule is C#CCNS(=O)(=O)c1ccc(C(=O)NNC(=O)c2cccnc2)cc1. The molecule has 8 nitrogen and oxygen atoms in total. The number of aromatic nitrogens is 1. The molecule has 0 bridgehead atoms. The van der Waals surface area contributed by atoms with Crippen LogP contribution in [0.2, 0.25) is 0 Å². The van der Waals surface area contributed by atoms with Gasteiger partial charge >= 0.3 is 0 Å². The number of amides is 2. The second-order valence-electron chi connectivity index (χ2n) is 4.70. The monoisotopic (exact) mass is 358 g/mol. The summed E-state index contributed by atoms with van der Waals surface area (Å²) in [5, 5.41) is 0. The summed E-state index contributed by atoms with van der Waals surface area (Å²) in [4.78, 5) is 27.5. The van der Waals surface area contributed by atoms with Gasteiger partial charge in [0.05, 0.1) is 17.0 Å². The minimum Gasteiger partial charge on any atom is -0.267 e. The molecule has 1 heterocycles. The van der Waals surface area contributed by atoms with Crippen LogP contribution in [0.3, 0.4) is 0 Å². The summed E-state index contributed by atoms with van der Waals surface area (Å²) in [6, 6.07) is 8.28. The Hall–Kier alpha value is -3.22. The Kier molecular flexibility index (Phi) is 5.84. The van der Waals surface area contributed by atoms with Gasteiger partial charge in [-0.3, -0.25) is 25.4 Å². The van der Waals surface area contributed by atoms with E-state index in [1.807, 2.05) is 0 Å². The molecule has 1 aromatic heterocycles. The van der Waals surface area contributed by atoms with Crippen molar-refractivity contribution in [3.05, 3.63) is 59.9 Å². The van der Waals surface area contributed by atoms with E-state index in [1.54, 1.807) is 6.07 Å². The van der Waals surface area contributed by atoms with Crippen molar-refractivity contribution in [3.63, 3.8) is 0 Å². The minimum absolute atomic E-state index is 0.0290. The largest absolute Gasteiger partial charge is 0.271 e. The topological polar surface area (TPSA) is 117 Å². The Balaban J connectivity index is 1.99. The van der Waals surface area contributed by atoms with Crippen molar-refractivity contribution in [2.75, 3.05) is 6.54 Å². The van der Waals surface area contributed by atoms with E-state index in [2.05, 4.69) is 26.5 Å². The van der Waals surface area contributed by atoms with Crippen molar-refractivity contribution in [1.29, 1.82) is 0 Å². The van der Waals surface area contributed by atoms with E-state index in [0.717, 1.165) is 0 Å². The number of hydrazine groups is 1. The van der Waals surface area contributed by atoms with Crippen LogP contribution in [0.5, 0.6) is 0 Å². The lowest BCUT2D eigenvalue weighted by Gasteiger charge is -2.08. The number of terminal acetylenes is 1. The molecule has 0 unspecified atom stereocenters. The molecular weight excluding hydrogens is 344 g/mol. The van der Waals surface area contributed by atoms with E-state index in [4.69, 9.17) is 6.42 Å². The number of benzene rings is 1. The normalized spacial score (nSPS) is 10.5. The Morgan fingerprint density at radius 3 is 2.24 bits per heavy atom. The van der Waals surface area contributed by atoms with Gasteiger partial charge in [-0.1, -0.05) is 5.92 Å². The molecule has 0 saturated carbocycles. The van der Waals surface area contributed by atoms with Crippen molar-refractivity contribution in [2.24, 2.45) is 0 Å². The van der Waals surface area contributed by atoms with Gasteiger partial charge in [0.25, 0.3) is 11.8 Å². The van der Waals surface area contributed by atoms with Crippen molar-refractivity contribution >= 4 is 21.8 Å². The molecule has 9 heteroatoms. The predicted molar refractivity (Wildman–Crippen MR) is 89.6 cm³/mol. The predicted octanol–water partition coefficient (Wildman–Crippen LogP) is 0.0679. The first kappa shape index (κ1) is 18.1. The number of carbonyl (C=O) groups excluding carboxylic acids is 2. The van der Waals surface area contributed by atoms with Gasteiger partial charge in [0, 0.05) is 18.0 Å². The number of nitrogens with one attached hydrogen (secondary N) is 3. The van der Waals surface area contributed by atoms with E-state index in [0.29, 0.717) is 0 Å². The lowest BCUT2D eigenvalue weighted by molar-refractivity contribution is 0.0846. The van der Waals surface area contributed by atoms with Crippen LogP contribution in [0, 0.1) is 12.3 Å². The molecule has 128 valence electrons. The Bertz CT molecular complexity index is 903. The smallest absolute Gasteiger partial charge is 0.267 e. The molecule has 0 fully saturated rings. The number of sulfonamides is 1. The van der Waals surface area contributed by atoms with E-state index in [9.17, 15) is 18.0 Å². The first-order chi connectivity index (χ1) is 11.9. The summed E-state index contributed by atoms with van der Waals surface area (Å²) in [6.45, 7) is -0.134. The van der Waals surface area contributed by atoms with Crippen LogP contribution in [-0.4, -0.2) is 31.8 Å². The fraction of sp³-hybridized carbons (Fsp3) is 0.0625. The minimum atomic E-state index is -3.73. The van der Waals surface area contributed by atoms with Gasteiger partial charge in [-0.2, -0.15) is 4.72 Å². The molecule has 0 atom stereocenters. The first-order valence-electron chi connectivity index (χ1n) is 6.98. The molecule has 3 N–H and O–H groups in total. The van der Waals surface area contributed by atoms with E-state index in [1.165, 1.54) is 42.7 Å². The second-order valence-corrected chi connectivity index (χ2v) is 6.47. The molecule has 0 radical (unpaired) electrons. The number of hydrogen-bond acceptors (Lipinski definition) is 5. The maximum Gasteiger partial charge on any atom is 0.271 e. The summed E-state index contributed by atoms with van der Waals surface area (Å²) in [5.41, 5.74) is 4.92. The van der Waals surface area contributed by atoms with Gasteiger partial charge < -0.3 is 0 Å². The Labute approximate surface area is 144 Å². The highest BCUT2D eigenvalue weighted by Gasteiger charge is 2.14. The molecule has 0 spiro atoms. The van der Waals surface area contributed by atoms with Crippen molar-refractivity contribution in [1.82, 2.24) is 20.6 Å². The molecule has 0 aliphatic carbocycles. The number of hydrogen-bond donors (Lipinski definition) is 3. The maximum absolute atomic E-state index is 12.0. The van der Waals surface area contributed by atoms with Crippen LogP contribution < -0.4 is 15.6 Å². The van der Waals surface area contributed by atoms with Crippen LogP contribution in [0.4, 0.5) is 0 Å². The maximum atomic E-state index is 12.0. The van der Waals surface area contributed by atoms with Crippen LogP contribution in [0.1, 0.15) is 20.7 Å². The van der Waals surface area contributed by atoms with Gasteiger partial charge in [-0.15, -0.1) is 6.42 Å². The zero-order chi connectivity index (χ0) is 18.3. The highest BCUT2D eigenvalue weighted by molar-refractivity contribution is 7.89. The zero-order valence-corrected chi connectivity index (χ0v) is 13.7. The van der Waals surface area contributed by atoms with Gasteiger partial charge in [0.2, 0.25) is 10.0 Å². The third kappa shape index (κ3) is 4.87. The lowest BCUT2D eigenvalue weighted by Crippen LogP contribution is -2.41. The average molecular weight is 358 g/mol. The van der Waals surface area contributed by atoms with Crippen molar-refractivity contribution in [2.45, 2.75) is 4.90 Å². The molecule has 1 aromatic carbocycles. The first-order valence-corrected chi connectivity index (χ1v) is 8.46. The standard InChI is InChI=1S/C16H14N4O4S/c1-2-9-18-25(23,24)14-7-5-12(6-8-14)15(21)19-20-16(22)13-4-3-10-17-11-13/h1,3-8,10-11,18H,9H2,(H,19,21)(H,20,22). The van der Waals surface area contributed by atoms with Crippen molar-refractivity contribution < 1.29 is 18.0 Å². The fourth-order valence-corrected chi connectivity index (χ4v) is 2.69. The van der Waals surface area contributed by atoms with Gasteiger partial charge in [-0.25, -0.2) is 8.42 Å². The molecule has 0 saturated heterocycles. The quantitative estimate of drug-likeness (QED) is 0.516. The molecular formula is C16H14N4O4S. The van der Waals surface area contributed by atoms with Crippen LogP contribution in [-0.2, 0) is 10.0 Å². The fourth-order valence-electron chi connectivity index (χ4n) is 1.76. The van der Waals surface area contributed by atoms with Gasteiger partial charge in [0.15, 0.2) is 0 Å². The highest BCUT2D eigenvalue weighted by Crippen LogP contribution is 2.10. The van der Waals surface area contributed by atoms with E-state index >= 15 is 0 Å². The summed E-state index contributed by atoms with van der Waals surface area (Å²) in [7, 11) is -3.73.